The number of halogens is 1. The van der Waals surface area contributed by atoms with Crippen LogP contribution in [0.2, 0.25) is 0 Å². The van der Waals surface area contributed by atoms with Crippen molar-refractivity contribution in [3.8, 4) is 0 Å². The second kappa shape index (κ2) is 3.46. The average Bonchev–Trinajstić information content (AvgIpc) is 2.90. The smallest absolute Gasteiger partial charge is 0.123 e. The molecule has 1 aliphatic rings. The van der Waals surface area contributed by atoms with E-state index in [2.05, 4.69) is 0 Å². The van der Waals surface area contributed by atoms with Gasteiger partial charge in [0.2, 0.25) is 0 Å². The Balaban J connectivity index is 2.21. The van der Waals surface area contributed by atoms with Crippen LogP contribution in [0.5, 0.6) is 0 Å². The predicted octanol–water partition coefficient (Wildman–Crippen LogP) is 2.28. The van der Waals surface area contributed by atoms with Gasteiger partial charge in [-0.25, -0.2) is 4.39 Å². The van der Waals surface area contributed by atoms with E-state index in [0.717, 1.165) is 5.56 Å². The Morgan fingerprint density at radius 3 is 2.77 bits per heavy atom. The van der Waals surface area contributed by atoms with E-state index in [-0.39, 0.29) is 5.82 Å². The number of nitrogens with two attached hydrogens (primary N) is 1. The molecule has 0 heterocycles. The van der Waals surface area contributed by atoms with Crippen LogP contribution >= 0.6 is 0 Å². The zero-order valence-electron chi connectivity index (χ0n) is 7.54. The summed E-state index contributed by atoms with van der Waals surface area (Å²) in [5.74, 6) is 0.916. The van der Waals surface area contributed by atoms with Crippen LogP contribution in [-0.4, -0.2) is 6.54 Å². The van der Waals surface area contributed by atoms with Gasteiger partial charge in [0.15, 0.2) is 0 Å². The Hall–Kier alpha value is -0.890. The summed E-state index contributed by atoms with van der Waals surface area (Å²) in [5.41, 5.74) is 6.73. The largest absolute Gasteiger partial charge is 0.330 e. The summed E-state index contributed by atoms with van der Waals surface area (Å²) < 4.78 is 12.9. The van der Waals surface area contributed by atoms with Crippen molar-refractivity contribution in [1.29, 1.82) is 0 Å². The Bertz CT molecular complexity index is 294. The van der Waals surface area contributed by atoms with Crippen molar-refractivity contribution in [3.05, 3.63) is 35.6 Å². The molecule has 1 fully saturated rings. The minimum absolute atomic E-state index is 0.156. The first-order valence-electron chi connectivity index (χ1n) is 4.77. The van der Waals surface area contributed by atoms with E-state index in [9.17, 15) is 4.39 Å². The van der Waals surface area contributed by atoms with Crippen molar-refractivity contribution in [2.24, 2.45) is 11.7 Å². The molecule has 0 amide bonds. The van der Waals surface area contributed by atoms with Crippen LogP contribution in [0.25, 0.3) is 0 Å². The van der Waals surface area contributed by atoms with Crippen LogP contribution < -0.4 is 5.73 Å². The highest BCUT2D eigenvalue weighted by atomic mass is 19.1. The zero-order valence-corrected chi connectivity index (χ0v) is 7.54. The van der Waals surface area contributed by atoms with Crippen LogP contribution in [0.3, 0.4) is 0 Å². The highest BCUT2D eigenvalue weighted by molar-refractivity contribution is 5.23. The first-order chi connectivity index (χ1) is 6.31. The Kier molecular flexibility index (Phi) is 2.32. The fourth-order valence-corrected chi connectivity index (χ4v) is 1.84. The second-order valence-corrected chi connectivity index (χ2v) is 3.73. The lowest BCUT2D eigenvalue weighted by molar-refractivity contribution is 0.594. The van der Waals surface area contributed by atoms with Crippen LogP contribution in [0.15, 0.2) is 24.3 Å². The summed E-state index contributed by atoms with van der Waals surface area (Å²) in [7, 11) is 0. The lowest BCUT2D eigenvalue weighted by Gasteiger charge is -2.13. The first-order valence-corrected chi connectivity index (χ1v) is 4.77. The molecule has 70 valence electrons. The van der Waals surface area contributed by atoms with E-state index in [1.165, 1.54) is 18.9 Å². The van der Waals surface area contributed by atoms with Gasteiger partial charge in [0.05, 0.1) is 0 Å². The van der Waals surface area contributed by atoms with Crippen molar-refractivity contribution < 1.29 is 4.39 Å². The number of rotatable bonds is 3. The Labute approximate surface area is 77.8 Å². The molecular formula is C11H14FN. The van der Waals surface area contributed by atoms with Gasteiger partial charge in [0.1, 0.15) is 5.82 Å². The van der Waals surface area contributed by atoms with Crippen molar-refractivity contribution in [3.63, 3.8) is 0 Å². The van der Waals surface area contributed by atoms with Crippen LogP contribution in [0, 0.1) is 11.7 Å². The first kappa shape index (κ1) is 8.70. The van der Waals surface area contributed by atoms with Gasteiger partial charge in [-0.05, 0) is 48.9 Å². The lowest BCUT2D eigenvalue weighted by atomic mass is 9.94. The molecule has 0 aromatic heterocycles. The fraction of sp³-hybridized carbons (Fsp3) is 0.455. The summed E-state index contributed by atoms with van der Waals surface area (Å²) in [6.07, 6.45) is 2.50. The van der Waals surface area contributed by atoms with Crippen molar-refractivity contribution in [1.82, 2.24) is 0 Å². The molecule has 1 aromatic carbocycles. The molecule has 1 aromatic rings. The number of hydrogen-bond acceptors (Lipinski definition) is 1. The average molecular weight is 179 g/mol. The number of hydrogen-bond donors (Lipinski definition) is 1. The molecule has 1 unspecified atom stereocenters. The van der Waals surface area contributed by atoms with Gasteiger partial charge in [-0.1, -0.05) is 12.1 Å². The van der Waals surface area contributed by atoms with Crippen LogP contribution in [0.4, 0.5) is 4.39 Å². The van der Waals surface area contributed by atoms with Crippen molar-refractivity contribution in [2.75, 3.05) is 6.54 Å². The van der Waals surface area contributed by atoms with E-state index < -0.39 is 0 Å². The molecule has 13 heavy (non-hydrogen) atoms. The molecule has 1 saturated carbocycles. The van der Waals surface area contributed by atoms with Gasteiger partial charge in [-0.15, -0.1) is 0 Å². The van der Waals surface area contributed by atoms with Gasteiger partial charge in [0, 0.05) is 0 Å². The minimum Gasteiger partial charge on any atom is -0.330 e. The molecule has 0 bridgehead atoms. The molecule has 1 aliphatic carbocycles. The van der Waals surface area contributed by atoms with Crippen molar-refractivity contribution in [2.45, 2.75) is 18.8 Å². The van der Waals surface area contributed by atoms with E-state index in [4.69, 9.17) is 5.73 Å². The Morgan fingerprint density at radius 2 is 2.23 bits per heavy atom. The topological polar surface area (TPSA) is 26.0 Å². The third kappa shape index (κ3) is 1.89. The number of benzene rings is 1. The van der Waals surface area contributed by atoms with Gasteiger partial charge < -0.3 is 5.73 Å². The molecule has 2 rings (SSSR count). The van der Waals surface area contributed by atoms with Gasteiger partial charge in [-0.3, -0.25) is 0 Å². The monoisotopic (exact) mass is 179 g/mol. The predicted molar refractivity (Wildman–Crippen MR) is 50.9 cm³/mol. The highest BCUT2D eigenvalue weighted by Crippen LogP contribution is 2.41. The quantitative estimate of drug-likeness (QED) is 0.756. The molecular weight excluding hydrogens is 165 g/mol. The fourth-order valence-electron chi connectivity index (χ4n) is 1.84. The minimum atomic E-state index is -0.156. The van der Waals surface area contributed by atoms with E-state index in [0.29, 0.717) is 18.4 Å². The highest BCUT2D eigenvalue weighted by Gasteiger charge is 2.31. The molecule has 1 atom stereocenters. The summed E-state index contributed by atoms with van der Waals surface area (Å²) in [6, 6.07) is 6.81. The van der Waals surface area contributed by atoms with E-state index in [1.807, 2.05) is 6.07 Å². The molecule has 1 nitrogen and oxygen atoms in total. The van der Waals surface area contributed by atoms with Gasteiger partial charge in [-0.2, -0.15) is 0 Å². The lowest BCUT2D eigenvalue weighted by Crippen LogP contribution is -2.14. The SMILES string of the molecule is NCC(c1cccc(F)c1)C1CC1. The molecule has 0 aliphatic heterocycles. The van der Waals surface area contributed by atoms with Crippen molar-refractivity contribution >= 4 is 0 Å². The van der Waals surface area contributed by atoms with Crippen LogP contribution in [0.1, 0.15) is 24.3 Å². The standard InChI is InChI=1S/C11H14FN/c12-10-3-1-2-9(6-10)11(7-13)8-4-5-8/h1-3,6,8,11H,4-5,7,13H2. The maximum Gasteiger partial charge on any atom is 0.123 e. The second-order valence-electron chi connectivity index (χ2n) is 3.73. The van der Waals surface area contributed by atoms with Crippen LogP contribution in [-0.2, 0) is 0 Å². The van der Waals surface area contributed by atoms with E-state index >= 15 is 0 Å². The summed E-state index contributed by atoms with van der Waals surface area (Å²) >= 11 is 0. The maximum absolute atomic E-state index is 12.9. The molecule has 0 saturated heterocycles. The normalized spacial score (nSPS) is 18.6. The summed E-state index contributed by atoms with van der Waals surface area (Å²) in [5, 5.41) is 0. The van der Waals surface area contributed by atoms with E-state index in [1.54, 1.807) is 12.1 Å². The third-order valence-electron chi connectivity index (χ3n) is 2.72. The molecule has 0 radical (unpaired) electrons. The summed E-state index contributed by atoms with van der Waals surface area (Å²) in [6.45, 7) is 0.633. The Morgan fingerprint density at radius 1 is 1.46 bits per heavy atom. The van der Waals surface area contributed by atoms with Gasteiger partial charge in [0.25, 0.3) is 0 Å². The zero-order chi connectivity index (χ0) is 9.26. The van der Waals surface area contributed by atoms with Gasteiger partial charge >= 0.3 is 0 Å². The molecule has 2 heteroatoms. The third-order valence-corrected chi connectivity index (χ3v) is 2.72. The molecule has 0 spiro atoms. The molecule has 2 N–H and O–H groups in total. The summed E-state index contributed by atoms with van der Waals surface area (Å²) in [4.78, 5) is 0. The maximum atomic E-state index is 12.9.